The highest BCUT2D eigenvalue weighted by atomic mass is 16.5. The van der Waals surface area contributed by atoms with Crippen LogP contribution >= 0.6 is 0 Å². The lowest BCUT2D eigenvalue weighted by Crippen LogP contribution is -2.57. The second-order valence-electron chi connectivity index (χ2n) is 10.6. The maximum absolute atomic E-state index is 11.1. The van der Waals surface area contributed by atoms with Crippen molar-refractivity contribution in [3.63, 3.8) is 0 Å². The first-order chi connectivity index (χ1) is 16.3. The van der Waals surface area contributed by atoms with E-state index in [9.17, 15) is 5.11 Å². The zero-order valence-corrected chi connectivity index (χ0v) is 21.4. The fraction of sp³-hybridized carbons (Fsp3) is 0.586. The molecule has 3 unspecified atom stereocenters. The third kappa shape index (κ3) is 5.12. The second-order valence-corrected chi connectivity index (χ2v) is 10.6. The molecule has 4 rings (SSSR count). The minimum Gasteiger partial charge on any atom is -0.493 e. The van der Waals surface area contributed by atoms with Crippen LogP contribution in [0.4, 0.5) is 0 Å². The molecule has 0 aromatic heterocycles. The maximum Gasteiger partial charge on any atom is 0.161 e. The number of methoxy groups -OCH3 is 2. The van der Waals surface area contributed by atoms with Crippen molar-refractivity contribution in [3.05, 3.63) is 59.2 Å². The van der Waals surface area contributed by atoms with Gasteiger partial charge in [0.05, 0.1) is 39.6 Å². The van der Waals surface area contributed by atoms with Gasteiger partial charge in [0.25, 0.3) is 0 Å². The summed E-state index contributed by atoms with van der Waals surface area (Å²) in [4.78, 5) is 2.58. The van der Waals surface area contributed by atoms with Crippen LogP contribution in [0.3, 0.4) is 0 Å². The Hall–Kier alpha value is -2.08. The molecule has 2 aliphatic rings. The molecule has 1 aliphatic carbocycles. The Labute approximate surface area is 205 Å². The van der Waals surface area contributed by atoms with E-state index in [4.69, 9.17) is 14.2 Å². The van der Waals surface area contributed by atoms with Gasteiger partial charge in [-0.2, -0.15) is 0 Å². The molecule has 5 heteroatoms. The number of hydrogen-bond acceptors (Lipinski definition) is 5. The molecule has 0 bridgehead atoms. The fourth-order valence-electron chi connectivity index (χ4n) is 6.15. The number of ether oxygens (including phenoxy) is 3. The summed E-state index contributed by atoms with van der Waals surface area (Å²) < 4.78 is 17.6. The van der Waals surface area contributed by atoms with E-state index >= 15 is 0 Å². The van der Waals surface area contributed by atoms with Crippen molar-refractivity contribution in [2.24, 2.45) is 11.8 Å². The lowest BCUT2D eigenvalue weighted by atomic mass is 9.70. The number of aliphatic hydroxyl groups excluding tert-OH is 1. The van der Waals surface area contributed by atoms with Crippen LogP contribution in [0.2, 0.25) is 0 Å². The first kappa shape index (κ1) is 25.0. The molecule has 2 aromatic rings. The Kier molecular flexibility index (Phi) is 7.86. The van der Waals surface area contributed by atoms with Crippen LogP contribution in [0.1, 0.15) is 62.8 Å². The lowest BCUT2D eigenvalue weighted by Gasteiger charge is -2.53. The van der Waals surface area contributed by atoms with Gasteiger partial charge in [-0.05, 0) is 67.9 Å². The predicted molar refractivity (Wildman–Crippen MR) is 135 cm³/mol. The van der Waals surface area contributed by atoms with E-state index in [0.717, 1.165) is 37.3 Å². The normalized spacial score (nSPS) is 25.6. The molecule has 0 spiro atoms. The Morgan fingerprint density at radius 1 is 1.03 bits per heavy atom. The smallest absolute Gasteiger partial charge is 0.161 e. The molecule has 5 nitrogen and oxygen atoms in total. The monoisotopic (exact) mass is 467 g/mol. The van der Waals surface area contributed by atoms with Gasteiger partial charge in [-0.1, -0.05) is 43.7 Å². The van der Waals surface area contributed by atoms with Gasteiger partial charge < -0.3 is 19.3 Å². The molecule has 34 heavy (non-hydrogen) atoms. The minimum absolute atomic E-state index is 0.0776. The largest absolute Gasteiger partial charge is 0.493 e. The summed E-state index contributed by atoms with van der Waals surface area (Å²) >= 11 is 0. The van der Waals surface area contributed by atoms with E-state index in [-0.39, 0.29) is 23.6 Å². The molecule has 4 atom stereocenters. The van der Waals surface area contributed by atoms with Crippen molar-refractivity contribution in [2.75, 3.05) is 27.4 Å². The first-order valence-corrected chi connectivity index (χ1v) is 12.7. The van der Waals surface area contributed by atoms with Gasteiger partial charge in [0.15, 0.2) is 11.5 Å². The molecule has 2 aromatic carbocycles. The molecule has 186 valence electrons. The third-order valence-electron chi connectivity index (χ3n) is 8.12. The lowest BCUT2D eigenvalue weighted by molar-refractivity contribution is -0.0790. The second kappa shape index (κ2) is 10.7. The molecule has 0 radical (unpaired) electrons. The van der Waals surface area contributed by atoms with Crippen molar-refractivity contribution in [3.8, 4) is 11.5 Å². The Morgan fingerprint density at radius 3 is 2.41 bits per heavy atom. The van der Waals surface area contributed by atoms with Crippen LogP contribution in [-0.4, -0.2) is 49.0 Å². The number of fused-ring (bicyclic) bond motifs is 1. The standard InChI is InChI=1S/C29H41NO4/c1-20-11-12-24(26(31)15-20)29(2,3)30-14-13-22-16-27(32-4)28(33-5)17-23(22)25(30)19-34-18-21-9-7-6-8-10-21/h6-10,16-17,20,24-26,31H,11-15,18-19H2,1-5H3/t20?,24?,25-,26?/m1/s1. The number of nitrogens with zero attached hydrogens (tertiary/aromatic N) is 1. The Balaban J connectivity index is 1.64. The van der Waals surface area contributed by atoms with E-state index < -0.39 is 0 Å². The van der Waals surface area contributed by atoms with Crippen molar-refractivity contribution in [2.45, 2.75) is 70.7 Å². The summed E-state index contributed by atoms with van der Waals surface area (Å²) in [6, 6.07) is 14.7. The Morgan fingerprint density at radius 2 is 1.74 bits per heavy atom. The molecule has 0 saturated heterocycles. The zero-order chi connectivity index (χ0) is 24.3. The summed E-state index contributed by atoms with van der Waals surface area (Å²) in [6.07, 6.45) is 3.79. The molecule has 1 heterocycles. The highest BCUT2D eigenvalue weighted by Crippen LogP contribution is 2.45. The van der Waals surface area contributed by atoms with Gasteiger partial charge in [0.1, 0.15) is 0 Å². The fourth-order valence-corrected chi connectivity index (χ4v) is 6.15. The molecule has 1 aliphatic heterocycles. The Bertz CT molecular complexity index is 945. The highest BCUT2D eigenvalue weighted by Gasteiger charge is 2.46. The number of hydrogen-bond donors (Lipinski definition) is 1. The highest BCUT2D eigenvalue weighted by molar-refractivity contribution is 5.49. The average Bonchev–Trinajstić information content (AvgIpc) is 2.83. The number of rotatable bonds is 8. The van der Waals surface area contributed by atoms with Crippen LogP contribution < -0.4 is 9.47 Å². The summed E-state index contributed by atoms with van der Waals surface area (Å²) in [6.45, 7) is 8.97. The summed E-state index contributed by atoms with van der Waals surface area (Å²) in [5.41, 5.74) is 3.54. The third-order valence-corrected chi connectivity index (χ3v) is 8.12. The summed E-state index contributed by atoms with van der Waals surface area (Å²) in [5.74, 6) is 2.35. The van der Waals surface area contributed by atoms with E-state index in [2.05, 4.69) is 49.9 Å². The minimum atomic E-state index is -0.267. The van der Waals surface area contributed by atoms with Gasteiger partial charge in [0.2, 0.25) is 0 Å². The molecule has 1 saturated carbocycles. The van der Waals surface area contributed by atoms with Crippen molar-refractivity contribution >= 4 is 0 Å². The topological polar surface area (TPSA) is 51.2 Å². The average molecular weight is 468 g/mol. The number of benzene rings is 2. The van der Waals surface area contributed by atoms with E-state index in [1.54, 1.807) is 14.2 Å². The van der Waals surface area contributed by atoms with E-state index in [1.807, 2.05) is 18.2 Å². The van der Waals surface area contributed by atoms with Crippen LogP contribution in [0.15, 0.2) is 42.5 Å². The molecular weight excluding hydrogens is 426 g/mol. The van der Waals surface area contributed by atoms with Crippen LogP contribution in [0, 0.1) is 11.8 Å². The quantitative estimate of drug-likeness (QED) is 0.564. The molecule has 1 N–H and O–H groups in total. The van der Waals surface area contributed by atoms with Crippen molar-refractivity contribution in [1.29, 1.82) is 0 Å². The molecule has 1 fully saturated rings. The van der Waals surface area contributed by atoms with Gasteiger partial charge in [-0.3, -0.25) is 4.90 Å². The summed E-state index contributed by atoms with van der Waals surface area (Å²) in [5, 5.41) is 11.1. The predicted octanol–water partition coefficient (Wildman–Crippen LogP) is 5.40. The zero-order valence-electron chi connectivity index (χ0n) is 21.4. The molecule has 0 amide bonds. The van der Waals surface area contributed by atoms with Gasteiger partial charge in [-0.15, -0.1) is 0 Å². The van der Waals surface area contributed by atoms with E-state index in [0.29, 0.717) is 19.1 Å². The molecular formula is C29H41NO4. The van der Waals surface area contributed by atoms with Crippen molar-refractivity contribution in [1.82, 2.24) is 4.90 Å². The van der Waals surface area contributed by atoms with Gasteiger partial charge in [-0.25, -0.2) is 0 Å². The van der Waals surface area contributed by atoms with Crippen LogP contribution in [-0.2, 0) is 17.8 Å². The maximum atomic E-state index is 11.1. The van der Waals surface area contributed by atoms with Crippen LogP contribution in [0.5, 0.6) is 11.5 Å². The summed E-state index contributed by atoms with van der Waals surface area (Å²) in [7, 11) is 3.38. The van der Waals surface area contributed by atoms with Gasteiger partial charge in [0, 0.05) is 18.0 Å². The first-order valence-electron chi connectivity index (χ1n) is 12.7. The SMILES string of the molecule is COc1cc2c(cc1OC)[C@@H](COCc1ccccc1)N(C(C)(C)C1CCC(C)CC1O)CC2. The van der Waals surface area contributed by atoms with Gasteiger partial charge >= 0.3 is 0 Å². The van der Waals surface area contributed by atoms with Crippen LogP contribution in [0.25, 0.3) is 0 Å². The van der Waals surface area contributed by atoms with E-state index in [1.165, 1.54) is 23.1 Å². The van der Waals surface area contributed by atoms with Crippen molar-refractivity contribution < 1.29 is 19.3 Å². The number of aliphatic hydroxyl groups is 1.